The minimum absolute atomic E-state index is 0.0365. The van der Waals surface area contributed by atoms with Crippen molar-refractivity contribution in [1.82, 2.24) is 19.8 Å². The van der Waals surface area contributed by atoms with Crippen molar-refractivity contribution in [3.63, 3.8) is 0 Å². The highest BCUT2D eigenvalue weighted by Gasteiger charge is 2.41. The third-order valence-electron chi connectivity index (χ3n) is 5.82. The average Bonchev–Trinajstić information content (AvgIpc) is 3.23. The number of halogens is 1. The molecule has 0 radical (unpaired) electrons. The van der Waals surface area contributed by atoms with Gasteiger partial charge >= 0.3 is 0 Å². The van der Waals surface area contributed by atoms with Crippen LogP contribution < -0.4 is 5.32 Å². The molecule has 1 saturated heterocycles. The molecular formula is C24H27BrN4S. The van der Waals surface area contributed by atoms with E-state index in [1.54, 1.807) is 0 Å². The van der Waals surface area contributed by atoms with Crippen LogP contribution in [0.1, 0.15) is 54.5 Å². The summed E-state index contributed by atoms with van der Waals surface area (Å²) in [6, 6.07) is 17.0. The molecule has 3 heterocycles. The van der Waals surface area contributed by atoms with Crippen molar-refractivity contribution in [1.29, 1.82) is 0 Å². The molecule has 4 rings (SSSR count). The molecule has 30 heavy (non-hydrogen) atoms. The van der Waals surface area contributed by atoms with Crippen LogP contribution >= 0.6 is 28.1 Å². The minimum Gasteiger partial charge on any atom is -0.352 e. The summed E-state index contributed by atoms with van der Waals surface area (Å²) in [5.41, 5.74) is 5.96. The lowest BCUT2D eigenvalue weighted by Gasteiger charge is -2.28. The van der Waals surface area contributed by atoms with Gasteiger partial charge < -0.3 is 14.8 Å². The number of aryl methyl sites for hydroxylation is 1. The molecule has 0 bridgehead atoms. The van der Waals surface area contributed by atoms with Gasteiger partial charge in [0.25, 0.3) is 0 Å². The van der Waals surface area contributed by atoms with Gasteiger partial charge in [-0.25, -0.2) is 0 Å². The molecule has 0 amide bonds. The first-order chi connectivity index (χ1) is 14.5. The Balaban J connectivity index is 1.81. The lowest BCUT2D eigenvalue weighted by Crippen LogP contribution is -2.30. The van der Waals surface area contributed by atoms with Gasteiger partial charge in [0.2, 0.25) is 0 Å². The maximum atomic E-state index is 5.77. The number of nitrogens with one attached hydrogen (secondary N) is 1. The van der Waals surface area contributed by atoms with Crippen molar-refractivity contribution in [2.45, 2.75) is 45.7 Å². The molecule has 3 aromatic rings. The molecule has 4 nitrogen and oxygen atoms in total. The van der Waals surface area contributed by atoms with E-state index in [1.165, 1.54) is 22.6 Å². The fourth-order valence-corrected chi connectivity index (χ4v) is 4.98. The van der Waals surface area contributed by atoms with Crippen molar-refractivity contribution in [2.75, 3.05) is 6.54 Å². The Hall–Kier alpha value is -2.18. The summed E-state index contributed by atoms with van der Waals surface area (Å²) >= 11 is 9.31. The van der Waals surface area contributed by atoms with Crippen molar-refractivity contribution in [3.8, 4) is 5.69 Å². The number of unbranched alkanes of at least 4 members (excludes halogenated alkanes) is 1. The van der Waals surface area contributed by atoms with Crippen molar-refractivity contribution in [3.05, 3.63) is 81.8 Å². The molecule has 0 unspecified atom stereocenters. The number of pyridine rings is 1. The van der Waals surface area contributed by atoms with Gasteiger partial charge in [-0.1, -0.05) is 35.3 Å². The van der Waals surface area contributed by atoms with Gasteiger partial charge in [0.1, 0.15) is 0 Å². The predicted octanol–water partition coefficient (Wildman–Crippen LogP) is 6.02. The van der Waals surface area contributed by atoms with Crippen LogP contribution in [-0.4, -0.2) is 26.1 Å². The number of rotatable bonds is 6. The van der Waals surface area contributed by atoms with Gasteiger partial charge in [-0.15, -0.1) is 0 Å². The van der Waals surface area contributed by atoms with Gasteiger partial charge in [0, 0.05) is 34.3 Å². The molecule has 156 valence electrons. The lowest BCUT2D eigenvalue weighted by molar-refractivity contribution is 0.312. The molecule has 1 N–H and O–H groups in total. The van der Waals surface area contributed by atoms with Crippen LogP contribution in [0.4, 0.5) is 0 Å². The Kier molecular flexibility index (Phi) is 6.25. The maximum Gasteiger partial charge on any atom is 0.170 e. The monoisotopic (exact) mass is 482 g/mol. The van der Waals surface area contributed by atoms with Crippen LogP contribution in [0.2, 0.25) is 0 Å². The number of aromatic nitrogens is 2. The van der Waals surface area contributed by atoms with E-state index >= 15 is 0 Å². The highest BCUT2D eigenvalue weighted by molar-refractivity contribution is 9.10. The van der Waals surface area contributed by atoms with Gasteiger partial charge in [0.15, 0.2) is 5.11 Å². The van der Waals surface area contributed by atoms with Crippen LogP contribution in [0, 0.1) is 13.8 Å². The van der Waals surface area contributed by atoms with Crippen molar-refractivity contribution in [2.24, 2.45) is 0 Å². The van der Waals surface area contributed by atoms with E-state index in [0.717, 1.165) is 34.7 Å². The summed E-state index contributed by atoms with van der Waals surface area (Å²) in [5.74, 6) is 0. The van der Waals surface area contributed by atoms with Crippen LogP contribution in [-0.2, 0) is 0 Å². The van der Waals surface area contributed by atoms with Crippen LogP contribution in [0.5, 0.6) is 0 Å². The quantitative estimate of drug-likeness (QED) is 0.435. The van der Waals surface area contributed by atoms with E-state index in [2.05, 4.69) is 92.9 Å². The van der Waals surface area contributed by atoms with Gasteiger partial charge in [-0.05, 0) is 80.5 Å². The smallest absolute Gasteiger partial charge is 0.170 e. The summed E-state index contributed by atoms with van der Waals surface area (Å²) in [6.45, 7) is 7.54. The molecule has 1 aromatic carbocycles. The number of thiocarbonyl (C=S) groups is 1. The van der Waals surface area contributed by atoms with Gasteiger partial charge in [-0.2, -0.15) is 0 Å². The third kappa shape index (κ3) is 3.91. The minimum atomic E-state index is 0.0365. The molecule has 2 atom stereocenters. The normalized spacial score (nSPS) is 18.7. The second-order valence-electron chi connectivity index (χ2n) is 7.81. The number of hydrogen-bond acceptors (Lipinski definition) is 2. The fourth-order valence-electron chi connectivity index (χ4n) is 4.39. The zero-order chi connectivity index (χ0) is 21.3. The van der Waals surface area contributed by atoms with Crippen LogP contribution in [0.3, 0.4) is 0 Å². The van der Waals surface area contributed by atoms with Crippen molar-refractivity contribution >= 4 is 33.3 Å². The molecule has 0 saturated carbocycles. The molecule has 2 aromatic heterocycles. The zero-order valence-corrected chi connectivity index (χ0v) is 20.0. The van der Waals surface area contributed by atoms with E-state index in [-0.39, 0.29) is 12.1 Å². The first kappa shape index (κ1) is 21.1. The largest absolute Gasteiger partial charge is 0.352 e. The van der Waals surface area contributed by atoms with E-state index < -0.39 is 0 Å². The number of benzene rings is 1. The Morgan fingerprint density at radius 2 is 1.90 bits per heavy atom. The van der Waals surface area contributed by atoms with Crippen LogP contribution in [0.25, 0.3) is 5.69 Å². The summed E-state index contributed by atoms with van der Waals surface area (Å²) in [6.07, 6.45) is 4.10. The Morgan fingerprint density at radius 3 is 2.57 bits per heavy atom. The standard InChI is InChI=1S/C24H27BrN4S/c1-4-5-14-28-23(22(27-24(28)30)21-8-6-7-13-26-21)20-15-16(2)29(17(20)3)19-11-9-18(25)10-12-19/h6-13,15,22-23H,4-5,14H2,1-3H3,(H,27,30)/t22-,23+/m0/s1. The third-order valence-corrected chi connectivity index (χ3v) is 6.71. The lowest BCUT2D eigenvalue weighted by atomic mass is 9.96. The predicted molar refractivity (Wildman–Crippen MR) is 130 cm³/mol. The summed E-state index contributed by atoms with van der Waals surface area (Å²) < 4.78 is 3.41. The van der Waals surface area contributed by atoms with Gasteiger partial charge in [-0.3, -0.25) is 4.98 Å². The Labute approximate surface area is 192 Å². The first-order valence-electron chi connectivity index (χ1n) is 10.4. The van der Waals surface area contributed by atoms with Crippen molar-refractivity contribution < 1.29 is 0 Å². The summed E-state index contributed by atoms with van der Waals surface area (Å²) in [7, 11) is 0. The van der Waals surface area contributed by atoms with E-state index in [9.17, 15) is 0 Å². The molecule has 1 aliphatic heterocycles. The van der Waals surface area contributed by atoms with Gasteiger partial charge in [0.05, 0.1) is 17.8 Å². The Morgan fingerprint density at radius 1 is 1.13 bits per heavy atom. The first-order valence-corrected chi connectivity index (χ1v) is 11.6. The number of hydrogen-bond donors (Lipinski definition) is 1. The highest BCUT2D eigenvalue weighted by atomic mass is 79.9. The molecule has 6 heteroatoms. The highest BCUT2D eigenvalue weighted by Crippen LogP contribution is 2.41. The summed E-state index contributed by atoms with van der Waals surface area (Å²) in [5, 5.41) is 4.38. The molecule has 0 aliphatic carbocycles. The number of nitrogens with zero attached hydrogens (tertiary/aromatic N) is 3. The molecular weight excluding hydrogens is 456 g/mol. The molecule has 1 fully saturated rings. The second kappa shape index (κ2) is 8.90. The SMILES string of the molecule is CCCCN1C(=S)N[C@@H](c2ccccn2)[C@H]1c1cc(C)n(-c2ccc(Br)cc2)c1C. The second-order valence-corrected chi connectivity index (χ2v) is 9.11. The Bertz CT molecular complexity index is 1030. The van der Waals surface area contributed by atoms with E-state index in [1.807, 2.05) is 18.3 Å². The zero-order valence-electron chi connectivity index (χ0n) is 17.6. The van der Waals surface area contributed by atoms with Crippen LogP contribution in [0.15, 0.2) is 59.2 Å². The molecule has 1 aliphatic rings. The average molecular weight is 483 g/mol. The maximum absolute atomic E-state index is 5.77. The topological polar surface area (TPSA) is 33.1 Å². The fraction of sp³-hybridized carbons (Fsp3) is 0.333. The summed E-state index contributed by atoms with van der Waals surface area (Å²) in [4.78, 5) is 7.00. The van der Waals surface area contributed by atoms with E-state index in [4.69, 9.17) is 12.2 Å². The van der Waals surface area contributed by atoms with E-state index in [0.29, 0.717) is 0 Å². The molecule has 0 spiro atoms.